The number of thiazole rings is 1. The first-order valence-electron chi connectivity index (χ1n) is 8.25. The van der Waals surface area contributed by atoms with E-state index in [9.17, 15) is 9.59 Å². The number of aromatic nitrogens is 1. The summed E-state index contributed by atoms with van der Waals surface area (Å²) < 4.78 is 0. The summed E-state index contributed by atoms with van der Waals surface area (Å²) in [7, 11) is 0. The van der Waals surface area contributed by atoms with Gasteiger partial charge in [0.1, 0.15) is 0 Å². The Balaban J connectivity index is 1.59. The third-order valence-electron chi connectivity index (χ3n) is 4.27. The number of benzene rings is 1. The second-order valence-electron chi connectivity index (χ2n) is 6.16. The first-order valence-corrected chi connectivity index (χ1v) is 10.1. The largest absolute Gasteiger partial charge is 0.369 e. The monoisotopic (exact) mass is 375 g/mol. The Hall–Kier alpha value is -1.86. The number of carbonyl (C=O) groups is 2. The minimum atomic E-state index is -0.318. The fourth-order valence-corrected chi connectivity index (χ4v) is 4.41. The van der Waals surface area contributed by atoms with Crippen molar-refractivity contribution in [3.63, 3.8) is 0 Å². The summed E-state index contributed by atoms with van der Waals surface area (Å²) in [4.78, 5) is 31.3. The van der Waals surface area contributed by atoms with Gasteiger partial charge in [-0.15, -0.1) is 23.1 Å². The second kappa shape index (κ2) is 8.01. The Morgan fingerprint density at radius 3 is 2.76 bits per heavy atom. The molecular formula is C18H21N3O2S2. The lowest BCUT2D eigenvalue weighted by atomic mass is 9.97. The molecule has 1 aromatic heterocycles. The van der Waals surface area contributed by atoms with E-state index in [1.165, 1.54) is 0 Å². The highest BCUT2D eigenvalue weighted by Gasteiger charge is 2.27. The van der Waals surface area contributed by atoms with Crippen molar-refractivity contribution >= 4 is 34.9 Å². The molecule has 7 heteroatoms. The van der Waals surface area contributed by atoms with Gasteiger partial charge in [-0.25, -0.2) is 4.98 Å². The first kappa shape index (κ1) is 17.9. The van der Waals surface area contributed by atoms with Gasteiger partial charge in [0, 0.05) is 34.7 Å². The fourth-order valence-electron chi connectivity index (χ4n) is 2.90. The van der Waals surface area contributed by atoms with E-state index < -0.39 is 0 Å². The number of amides is 2. The molecular weight excluding hydrogens is 354 g/mol. The maximum atomic E-state index is 12.6. The van der Waals surface area contributed by atoms with Crippen molar-refractivity contribution in [2.75, 3.05) is 13.1 Å². The van der Waals surface area contributed by atoms with Gasteiger partial charge in [0.15, 0.2) is 0 Å². The normalized spacial score (nSPS) is 17.5. The van der Waals surface area contributed by atoms with Crippen molar-refractivity contribution in [3.8, 4) is 0 Å². The Labute approximate surface area is 155 Å². The number of hydrogen-bond acceptors (Lipinski definition) is 5. The standard InChI is InChI=1S/C18H21N3O2S2/c1-12-20-15(10-24-12)11-25-16-6-4-13(5-7-16)18(23)21-8-2-3-14(9-21)17(19)22/h4-7,10,14H,2-3,8-9,11H2,1H3,(H2,19,22). The quantitative estimate of drug-likeness (QED) is 0.815. The van der Waals surface area contributed by atoms with Crippen LogP contribution in [0, 0.1) is 12.8 Å². The number of hydrogen-bond donors (Lipinski definition) is 1. The van der Waals surface area contributed by atoms with Gasteiger partial charge in [0.25, 0.3) is 5.91 Å². The SMILES string of the molecule is Cc1nc(CSc2ccc(C(=O)N3CCCC(C(N)=O)C3)cc2)cs1. The maximum Gasteiger partial charge on any atom is 0.253 e. The van der Waals surface area contributed by atoms with Gasteiger partial charge in [-0.3, -0.25) is 9.59 Å². The first-order chi connectivity index (χ1) is 12.0. The van der Waals surface area contributed by atoms with Crippen molar-refractivity contribution < 1.29 is 9.59 Å². The van der Waals surface area contributed by atoms with Crippen LogP contribution < -0.4 is 5.73 Å². The van der Waals surface area contributed by atoms with Crippen LogP contribution in [0.15, 0.2) is 34.5 Å². The molecule has 1 atom stereocenters. The molecule has 0 saturated carbocycles. The summed E-state index contributed by atoms with van der Waals surface area (Å²) in [6.07, 6.45) is 1.59. The number of nitrogens with zero attached hydrogens (tertiary/aromatic N) is 2. The molecule has 0 bridgehead atoms. The minimum Gasteiger partial charge on any atom is -0.369 e. The molecule has 1 aromatic carbocycles. The highest BCUT2D eigenvalue weighted by molar-refractivity contribution is 7.98. The van der Waals surface area contributed by atoms with Crippen molar-refractivity contribution in [2.45, 2.75) is 30.4 Å². The molecule has 2 heterocycles. The number of piperidine rings is 1. The molecule has 1 saturated heterocycles. The summed E-state index contributed by atoms with van der Waals surface area (Å²) in [5.41, 5.74) is 7.12. The number of carbonyl (C=O) groups excluding carboxylic acids is 2. The van der Waals surface area contributed by atoms with Crippen LogP contribution in [0.4, 0.5) is 0 Å². The smallest absolute Gasteiger partial charge is 0.253 e. The zero-order valence-corrected chi connectivity index (χ0v) is 15.7. The van der Waals surface area contributed by atoms with Crippen molar-refractivity contribution in [3.05, 3.63) is 45.9 Å². The Morgan fingerprint density at radius 2 is 2.12 bits per heavy atom. The topological polar surface area (TPSA) is 76.3 Å². The van der Waals surface area contributed by atoms with E-state index in [4.69, 9.17) is 5.73 Å². The molecule has 1 unspecified atom stereocenters. The summed E-state index contributed by atoms with van der Waals surface area (Å²) >= 11 is 3.36. The third kappa shape index (κ3) is 4.61. The van der Waals surface area contributed by atoms with E-state index in [0.717, 1.165) is 34.2 Å². The number of likely N-dealkylation sites (tertiary alicyclic amines) is 1. The van der Waals surface area contributed by atoms with Crippen LogP contribution in [-0.4, -0.2) is 34.8 Å². The lowest BCUT2D eigenvalue weighted by molar-refractivity contribution is -0.123. The van der Waals surface area contributed by atoms with E-state index in [-0.39, 0.29) is 17.7 Å². The van der Waals surface area contributed by atoms with Crippen LogP contribution in [0.25, 0.3) is 0 Å². The fraction of sp³-hybridized carbons (Fsp3) is 0.389. The van der Waals surface area contributed by atoms with Gasteiger partial charge in [0.05, 0.1) is 16.6 Å². The van der Waals surface area contributed by atoms with Gasteiger partial charge in [-0.05, 0) is 44.0 Å². The Morgan fingerprint density at radius 1 is 1.36 bits per heavy atom. The molecule has 1 fully saturated rings. The summed E-state index contributed by atoms with van der Waals surface area (Å²) in [5.74, 6) is 0.248. The zero-order valence-electron chi connectivity index (χ0n) is 14.1. The van der Waals surface area contributed by atoms with Crippen molar-refractivity contribution in [2.24, 2.45) is 11.7 Å². The van der Waals surface area contributed by atoms with Crippen LogP contribution >= 0.6 is 23.1 Å². The average Bonchev–Trinajstić information content (AvgIpc) is 3.05. The van der Waals surface area contributed by atoms with Gasteiger partial charge in [-0.2, -0.15) is 0 Å². The van der Waals surface area contributed by atoms with Crippen LogP contribution in [0.1, 0.15) is 33.9 Å². The molecule has 5 nitrogen and oxygen atoms in total. The Kier molecular flexibility index (Phi) is 5.75. The van der Waals surface area contributed by atoms with E-state index in [1.54, 1.807) is 28.0 Å². The van der Waals surface area contributed by atoms with Gasteiger partial charge in [-0.1, -0.05) is 0 Å². The predicted molar refractivity (Wildman–Crippen MR) is 101 cm³/mol. The summed E-state index contributed by atoms with van der Waals surface area (Å²) in [6, 6.07) is 7.63. The van der Waals surface area contributed by atoms with E-state index in [1.807, 2.05) is 31.2 Å². The number of rotatable bonds is 5. The second-order valence-corrected chi connectivity index (χ2v) is 8.27. The number of primary amides is 1. The molecule has 0 radical (unpaired) electrons. The Bertz CT molecular complexity index is 758. The van der Waals surface area contributed by atoms with E-state index in [0.29, 0.717) is 18.7 Å². The lowest BCUT2D eigenvalue weighted by Gasteiger charge is -2.31. The minimum absolute atomic E-state index is 0.0300. The van der Waals surface area contributed by atoms with Crippen LogP contribution in [0.3, 0.4) is 0 Å². The molecule has 2 amide bonds. The molecule has 0 aliphatic carbocycles. The van der Waals surface area contributed by atoms with Crippen LogP contribution in [0.5, 0.6) is 0 Å². The number of aryl methyl sites for hydroxylation is 1. The highest BCUT2D eigenvalue weighted by atomic mass is 32.2. The maximum absolute atomic E-state index is 12.6. The average molecular weight is 376 g/mol. The number of thioether (sulfide) groups is 1. The number of nitrogens with two attached hydrogens (primary N) is 1. The molecule has 2 aromatic rings. The molecule has 25 heavy (non-hydrogen) atoms. The van der Waals surface area contributed by atoms with Crippen molar-refractivity contribution in [1.82, 2.24) is 9.88 Å². The van der Waals surface area contributed by atoms with Crippen molar-refractivity contribution in [1.29, 1.82) is 0 Å². The molecule has 1 aliphatic rings. The van der Waals surface area contributed by atoms with Gasteiger partial charge in [0.2, 0.25) is 5.91 Å². The van der Waals surface area contributed by atoms with Crippen LogP contribution in [0.2, 0.25) is 0 Å². The third-order valence-corrected chi connectivity index (χ3v) is 6.13. The molecule has 0 spiro atoms. The van der Waals surface area contributed by atoms with Gasteiger partial charge < -0.3 is 10.6 Å². The molecule has 132 valence electrons. The highest BCUT2D eigenvalue weighted by Crippen LogP contribution is 2.25. The molecule has 2 N–H and O–H groups in total. The molecule has 3 rings (SSSR count). The predicted octanol–water partition coefficient (Wildman–Crippen LogP) is 3.08. The van der Waals surface area contributed by atoms with Gasteiger partial charge >= 0.3 is 0 Å². The van der Waals surface area contributed by atoms with E-state index in [2.05, 4.69) is 10.4 Å². The summed E-state index contributed by atoms with van der Waals surface area (Å²) in [5, 5.41) is 3.15. The summed E-state index contributed by atoms with van der Waals surface area (Å²) in [6.45, 7) is 3.11. The molecule has 1 aliphatic heterocycles. The van der Waals surface area contributed by atoms with E-state index >= 15 is 0 Å². The zero-order chi connectivity index (χ0) is 17.8. The lowest BCUT2D eigenvalue weighted by Crippen LogP contribution is -2.44. The van der Waals surface area contributed by atoms with Crippen LogP contribution in [-0.2, 0) is 10.5 Å².